The molecule has 124 valence electrons. The molecular weight excluding hydrogens is 314 g/mol. The second-order valence-electron chi connectivity index (χ2n) is 6.27. The van der Waals surface area contributed by atoms with Gasteiger partial charge in [-0.15, -0.1) is 0 Å². The van der Waals surface area contributed by atoms with E-state index in [0.717, 1.165) is 21.9 Å². The number of carbonyl (C=O) groups excluding carboxylic acids is 1. The van der Waals surface area contributed by atoms with Gasteiger partial charge in [-0.2, -0.15) is 0 Å². The fraction of sp³-hybridized carbons (Fsp3) is 0.143. The van der Waals surface area contributed by atoms with E-state index in [1.807, 2.05) is 60.7 Å². The molecule has 3 aromatic carbocycles. The van der Waals surface area contributed by atoms with Gasteiger partial charge in [0.15, 0.2) is 0 Å². The molecule has 0 bridgehead atoms. The molecule has 0 saturated carbocycles. The number of amides is 1. The normalized spacial score (nSPS) is 14.6. The third-order valence-corrected chi connectivity index (χ3v) is 4.78. The Kier molecular flexibility index (Phi) is 3.73. The summed E-state index contributed by atoms with van der Waals surface area (Å²) in [5.74, 6) is -1.02. The van der Waals surface area contributed by atoms with Crippen molar-refractivity contribution >= 4 is 22.6 Å². The lowest BCUT2D eigenvalue weighted by atomic mass is 9.95. The zero-order valence-corrected chi connectivity index (χ0v) is 13.6. The highest BCUT2D eigenvalue weighted by atomic mass is 16.4. The van der Waals surface area contributed by atoms with Crippen LogP contribution in [0.3, 0.4) is 0 Å². The third-order valence-electron chi connectivity index (χ3n) is 4.78. The summed E-state index contributed by atoms with van der Waals surface area (Å²) in [6, 6.07) is 20.7. The number of aliphatic carboxylic acids is 1. The van der Waals surface area contributed by atoms with Crippen LogP contribution in [0.15, 0.2) is 66.7 Å². The predicted molar refractivity (Wildman–Crippen MR) is 95.3 cm³/mol. The summed E-state index contributed by atoms with van der Waals surface area (Å²) in [6.07, 6.45) is -0.117. The van der Waals surface area contributed by atoms with Crippen LogP contribution in [0.2, 0.25) is 0 Å². The SMILES string of the molecule is O=C(O)C[C@@H](c1cccc2ccccc12)N1Cc2ccccc2C1=O. The van der Waals surface area contributed by atoms with Gasteiger partial charge in [0.05, 0.1) is 12.5 Å². The summed E-state index contributed by atoms with van der Waals surface area (Å²) >= 11 is 0. The van der Waals surface area contributed by atoms with Gasteiger partial charge in [-0.1, -0.05) is 60.7 Å². The van der Waals surface area contributed by atoms with Crippen molar-refractivity contribution in [1.82, 2.24) is 4.90 Å². The highest BCUT2D eigenvalue weighted by Gasteiger charge is 2.34. The fourth-order valence-corrected chi connectivity index (χ4v) is 3.62. The molecule has 4 nitrogen and oxygen atoms in total. The Morgan fingerprint density at radius 3 is 2.52 bits per heavy atom. The molecule has 0 aromatic heterocycles. The average Bonchev–Trinajstić information content (AvgIpc) is 2.96. The van der Waals surface area contributed by atoms with Crippen LogP contribution in [0, 0.1) is 0 Å². The molecule has 1 N–H and O–H groups in total. The van der Waals surface area contributed by atoms with Crippen molar-refractivity contribution in [1.29, 1.82) is 0 Å². The summed E-state index contributed by atoms with van der Waals surface area (Å²) < 4.78 is 0. The fourth-order valence-electron chi connectivity index (χ4n) is 3.62. The average molecular weight is 331 g/mol. The number of hydrogen-bond acceptors (Lipinski definition) is 2. The highest BCUT2D eigenvalue weighted by molar-refractivity contribution is 5.99. The number of hydrogen-bond donors (Lipinski definition) is 1. The Bertz CT molecular complexity index is 974. The molecule has 0 aliphatic carbocycles. The van der Waals surface area contributed by atoms with E-state index < -0.39 is 12.0 Å². The van der Waals surface area contributed by atoms with Crippen LogP contribution in [0.25, 0.3) is 10.8 Å². The van der Waals surface area contributed by atoms with E-state index in [1.54, 1.807) is 11.0 Å². The van der Waals surface area contributed by atoms with Crippen molar-refractivity contribution in [3.63, 3.8) is 0 Å². The van der Waals surface area contributed by atoms with Crippen LogP contribution in [0.4, 0.5) is 0 Å². The highest BCUT2D eigenvalue weighted by Crippen LogP contribution is 2.36. The van der Waals surface area contributed by atoms with Gasteiger partial charge in [-0.05, 0) is 28.0 Å². The summed E-state index contributed by atoms with van der Waals surface area (Å²) in [5.41, 5.74) is 2.49. The standard InChI is InChI=1S/C21H17NO3/c23-20(24)12-19(18-11-5-8-14-6-1-3-9-16(14)18)22-13-15-7-2-4-10-17(15)21(22)25/h1-11,19H,12-13H2,(H,23,24)/t19-/m0/s1. The minimum absolute atomic E-state index is 0.102. The second-order valence-corrected chi connectivity index (χ2v) is 6.27. The number of carboxylic acid groups (broad SMARTS) is 1. The molecule has 0 spiro atoms. The smallest absolute Gasteiger partial charge is 0.305 e. The van der Waals surface area contributed by atoms with Crippen molar-refractivity contribution in [2.45, 2.75) is 19.0 Å². The molecule has 1 atom stereocenters. The van der Waals surface area contributed by atoms with E-state index in [9.17, 15) is 14.7 Å². The van der Waals surface area contributed by atoms with Gasteiger partial charge in [0.2, 0.25) is 0 Å². The van der Waals surface area contributed by atoms with Gasteiger partial charge in [-0.3, -0.25) is 9.59 Å². The lowest BCUT2D eigenvalue weighted by Gasteiger charge is -2.28. The molecule has 1 aliphatic rings. The number of fused-ring (bicyclic) bond motifs is 2. The van der Waals surface area contributed by atoms with E-state index >= 15 is 0 Å². The summed E-state index contributed by atoms with van der Waals surface area (Å²) in [4.78, 5) is 26.1. The van der Waals surface area contributed by atoms with Crippen molar-refractivity contribution in [2.24, 2.45) is 0 Å². The maximum absolute atomic E-state index is 12.9. The van der Waals surface area contributed by atoms with Crippen LogP contribution in [-0.2, 0) is 11.3 Å². The van der Waals surface area contributed by atoms with Crippen molar-refractivity contribution in [3.05, 3.63) is 83.4 Å². The van der Waals surface area contributed by atoms with Crippen LogP contribution in [0.1, 0.15) is 33.9 Å². The minimum Gasteiger partial charge on any atom is -0.481 e. The zero-order chi connectivity index (χ0) is 17.4. The summed E-state index contributed by atoms with van der Waals surface area (Å²) in [7, 11) is 0. The second kappa shape index (κ2) is 6.06. The van der Waals surface area contributed by atoms with Gasteiger partial charge >= 0.3 is 5.97 Å². The molecule has 0 fully saturated rings. The van der Waals surface area contributed by atoms with Gasteiger partial charge in [0.1, 0.15) is 0 Å². The number of benzene rings is 3. The first-order valence-electron chi connectivity index (χ1n) is 8.23. The number of nitrogens with zero attached hydrogens (tertiary/aromatic N) is 1. The minimum atomic E-state index is -0.915. The molecule has 3 aromatic rings. The third kappa shape index (κ3) is 2.66. The summed E-state index contributed by atoms with van der Waals surface area (Å²) in [5, 5.41) is 11.5. The first kappa shape index (κ1) is 15.4. The van der Waals surface area contributed by atoms with Gasteiger partial charge in [0, 0.05) is 12.1 Å². The van der Waals surface area contributed by atoms with Crippen molar-refractivity contribution in [3.8, 4) is 0 Å². The lowest BCUT2D eigenvalue weighted by molar-refractivity contribution is -0.138. The van der Waals surface area contributed by atoms with Crippen molar-refractivity contribution in [2.75, 3.05) is 0 Å². The molecule has 0 unspecified atom stereocenters. The van der Waals surface area contributed by atoms with Gasteiger partial charge in [-0.25, -0.2) is 0 Å². The van der Waals surface area contributed by atoms with E-state index in [0.29, 0.717) is 12.1 Å². The Labute approximate surface area is 145 Å². The molecule has 25 heavy (non-hydrogen) atoms. The maximum atomic E-state index is 12.9. The predicted octanol–water partition coefficient (Wildman–Crippen LogP) is 4.01. The summed E-state index contributed by atoms with van der Waals surface area (Å²) in [6.45, 7) is 0.441. The van der Waals surface area contributed by atoms with E-state index in [-0.39, 0.29) is 12.3 Å². The van der Waals surface area contributed by atoms with Gasteiger partial charge < -0.3 is 10.0 Å². The van der Waals surface area contributed by atoms with Crippen molar-refractivity contribution < 1.29 is 14.7 Å². The monoisotopic (exact) mass is 331 g/mol. The Balaban J connectivity index is 1.82. The first-order chi connectivity index (χ1) is 12.1. The number of rotatable bonds is 4. The first-order valence-corrected chi connectivity index (χ1v) is 8.23. The van der Waals surface area contributed by atoms with E-state index in [2.05, 4.69) is 0 Å². The van der Waals surface area contributed by atoms with Crippen LogP contribution in [-0.4, -0.2) is 21.9 Å². The Hall–Kier alpha value is -3.14. The van der Waals surface area contributed by atoms with E-state index in [4.69, 9.17) is 0 Å². The van der Waals surface area contributed by atoms with Crippen LogP contribution < -0.4 is 0 Å². The lowest BCUT2D eigenvalue weighted by Crippen LogP contribution is -2.31. The molecule has 4 rings (SSSR count). The largest absolute Gasteiger partial charge is 0.481 e. The molecule has 0 radical (unpaired) electrons. The molecular formula is C21H17NO3. The molecule has 1 amide bonds. The zero-order valence-electron chi connectivity index (χ0n) is 13.6. The quantitative estimate of drug-likeness (QED) is 0.786. The number of carboxylic acids is 1. The molecule has 1 aliphatic heterocycles. The van der Waals surface area contributed by atoms with E-state index in [1.165, 1.54) is 0 Å². The Morgan fingerprint density at radius 1 is 1.00 bits per heavy atom. The maximum Gasteiger partial charge on any atom is 0.305 e. The van der Waals surface area contributed by atoms with Gasteiger partial charge in [0.25, 0.3) is 5.91 Å². The van der Waals surface area contributed by atoms with Crippen LogP contribution >= 0.6 is 0 Å². The Morgan fingerprint density at radius 2 is 1.72 bits per heavy atom. The van der Waals surface area contributed by atoms with Crippen LogP contribution in [0.5, 0.6) is 0 Å². The molecule has 0 saturated heterocycles. The topological polar surface area (TPSA) is 57.6 Å². The number of carbonyl (C=O) groups is 2. The molecule has 1 heterocycles. The molecule has 4 heteroatoms.